The molecule has 0 fully saturated rings. The van der Waals surface area contributed by atoms with Crippen molar-refractivity contribution in [3.8, 4) is 11.5 Å². The Bertz CT molecular complexity index is 1230. The average molecular weight is 385 g/mol. The first kappa shape index (κ1) is 15.4. The van der Waals surface area contributed by atoms with E-state index in [-0.39, 0.29) is 5.41 Å². The minimum absolute atomic E-state index is 0.211. The summed E-state index contributed by atoms with van der Waals surface area (Å²) in [5.74, 6) is 2.05. The van der Waals surface area contributed by atoms with Crippen molar-refractivity contribution >= 4 is 42.8 Å². The van der Waals surface area contributed by atoms with Gasteiger partial charge in [0.05, 0.1) is 15.2 Å². The summed E-state index contributed by atoms with van der Waals surface area (Å²) in [6.07, 6.45) is 0. The highest BCUT2D eigenvalue weighted by Crippen LogP contribution is 2.60. The van der Waals surface area contributed by atoms with Gasteiger partial charge in [-0.1, -0.05) is 54.6 Å². The van der Waals surface area contributed by atoms with Crippen molar-refractivity contribution < 1.29 is 4.74 Å². The van der Waals surface area contributed by atoms with Crippen LogP contribution in [0.15, 0.2) is 78.9 Å². The zero-order chi connectivity index (χ0) is 18.0. The Morgan fingerprint density at radius 2 is 1.11 bits per heavy atom. The SMILES string of the molecule is CC1(c2ccccc2)c2sc3ccccc3c2Oc2c1sc1ccccc21. The Morgan fingerprint density at radius 3 is 1.67 bits per heavy atom. The third-order valence-corrected chi connectivity index (χ3v) is 8.31. The second-order valence-electron chi connectivity index (χ2n) is 7.11. The first-order chi connectivity index (χ1) is 13.3. The normalized spacial score (nSPS) is 14.7. The van der Waals surface area contributed by atoms with Gasteiger partial charge >= 0.3 is 0 Å². The third-order valence-electron chi connectivity index (χ3n) is 5.56. The lowest BCUT2D eigenvalue weighted by Gasteiger charge is -2.34. The van der Waals surface area contributed by atoms with Gasteiger partial charge in [0.15, 0.2) is 11.5 Å². The summed E-state index contributed by atoms with van der Waals surface area (Å²) in [6, 6.07) is 28.0. The van der Waals surface area contributed by atoms with Crippen LogP contribution in [0.5, 0.6) is 11.5 Å². The molecule has 0 radical (unpaired) electrons. The summed E-state index contributed by atoms with van der Waals surface area (Å²) >= 11 is 3.71. The van der Waals surface area contributed by atoms with E-state index in [0.717, 1.165) is 11.5 Å². The van der Waals surface area contributed by atoms with Crippen molar-refractivity contribution in [1.29, 1.82) is 0 Å². The van der Waals surface area contributed by atoms with E-state index in [2.05, 4.69) is 85.8 Å². The molecule has 3 aromatic carbocycles. The number of ether oxygens (including phenoxy) is 1. The van der Waals surface area contributed by atoms with Crippen LogP contribution >= 0.6 is 22.7 Å². The van der Waals surface area contributed by atoms with E-state index in [0.29, 0.717) is 0 Å². The van der Waals surface area contributed by atoms with Gasteiger partial charge < -0.3 is 4.74 Å². The van der Waals surface area contributed by atoms with Crippen LogP contribution in [-0.4, -0.2) is 0 Å². The smallest absolute Gasteiger partial charge is 0.150 e. The fourth-order valence-corrected chi connectivity index (χ4v) is 6.82. The number of hydrogen-bond acceptors (Lipinski definition) is 3. The predicted octanol–water partition coefficient (Wildman–Crippen LogP) is 7.58. The minimum atomic E-state index is -0.211. The predicted molar refractivity (Wildman–Crippen MR) is 116 cm³/mol. The summed E-state index contributed by atoms with van der Waals surface area (Å²) in [5.41, 5.74) is 1.10. The molecule has 5 aromatic rings. The number of thiophene rings is 2. The van der Waals surface area contributed by atoms with Gasteiger partial charge in [0.25, 0.3) is 0 Å². The molecule has 1 nitrogen and oxygen atoms in total. The van der Waals surface area contributed by atoms with Gasteiger partial charge in [0.1, 0.15) is 0 Å². The van der Waals surface area contributed by atoms with Gasteiger partial charge in [0.2, 0.25) is 0 Å². The Hall–Kier alpha value is -2.62. The van der Waals surface area contributed by atoms with Crippen molar-refractivity contribution in [2.24, 2.45) is 0 Å². The standard InChI is InChI=1S/C24H16OS2/c1-24(15-9-3-2-4-10-15)22-20(16-11-5-7-13-18(16)26-22)25-21-17-12-6-8-14-19(17)27-23(21)24/h2-14H,1H3. The molecule has 6 rings (SSSR count). The fraction of sp³-hybridized carbons (Fsp3) is 0.0833. The van der Waals surface area contributed by atoms with Crippen LogP contribution in [0.2, 0.25) is 0 Å². The van der Waals surface area contributed by atoms with E-state index >= 15 is 0 Å². The summed E-state index contributed by atoms with van der Waals surface area (Å²) in [5, 5.41) is 2.42. The maximum Gasteiger partial charge on any atom is 0.150 e. The molecule has 3 heterocycles. The molecule has 3 heteroatoms. The minimum Gasteiger partial charge on any atom is -0.454 e. The van der Waals surface area contributed by atoms with Gasteiger partial charge in [-0.05, 0) is 36.8 Å². The van der Waals surface area contributed by atoms with Crippen molar-refractivity contribution in [2.75, 3.05) is 0 Å². The first-order valence-corrected chi connectivity index (χ1v) is 10.7. The first-order valence-electron chi connectivity index (χ1n) is 9.04. The van der Waals surface area contributed by atoms with Crippen LogP contribution in [0.1, 0.15) is 22.2 Å². The molecule has 0 bridgehead atoms. The van der Waals surface area contributed by atoms with Crippen LogP contribution in [0.25, 0.3) is 20.2 Å². The lowest BCUT2D eigenvalue weighted by Crippen LogP contribution is -2.26. The molecular formula is C24H16OS2. The molecule has 0 spiro atoms. The molecular weight excluding hydrogens is 368 g/mol. The summed E-state index contributed by atoms with van der Waals surface area (Å²) in [7, 11) is 0. The average Bonchev–Trinajstić information content (AvgIpc) is 3.29. The molecule has 1 aliphatic rings. The van der Waals surface area contributed by atoms with Crippen molar-refractivity contribution in [2.45, 2.75) is 12.3 Å². The van der Waals surface area contributed by atoms with Crippen molar-refractivity contribution in [3.05, 3.63) is 94.2 Å². The molecule has 130 valence electrons. The van der Waals surface area contributed by atoms with E-state index < -0.39 is 0 Å². The molecule has 1 aliphatic heterocycles. The second-order valence-corrected chi connectivity index (χ2v) is 9.21. The van der Waals surface area contributed by atoms with Crippen LogP contribution in [0, 0.1) is 0 Å². The maximum absolute atomic E-state index is 6.62. The van der Waals surface area contributed by atoms with Gasteiger partial charge in [0, 0.05) is 20.2 Å². The Kier molecular flexibility index (Phi) is 3.11. The second kappa shape index (κ2) is 5.44. The van der Waals surface area contributed by atoms with E-state index in [4.69, 9.17) is 4.74 Å². The number of hydrogen-bond donors (Lipinski definition) is 0. The molecule has 0 saturated carbocycles. The summed E-state index contributed by atoms with van der Waals surface area (Å²) in [4.78, 5) is 2.60. The lowest BCUT2D eigenvalue weighted by atomic mass is 9.77. The highest BCUT2D eigenvalue weighted by atomic mass is 32.1. The molecule has 2 aromatic heterocycles. The van der Waals surface area contributed by atoms with E-state index in [9.17, 15) is 0 Å². The van der Waals surface area contributed by atoms with Gasteiger partial charge in [-0.2, -0.15) is 0 Å². The molecule has 27 heavy (non-hydrogen) atoms. The number of benzene rings is 3. The molecule has 0 saturated heterocycles. The van der Waals surface area contributed by atoms with Crippen LogP contribution in [0.3, 0.4) is 0 Å². The van der Waals surface area contributed by atoms with E-state index in [1.54, 1.807) is 0 Å². The Balaban J connectivity index is 1.77. The lowest BCUT2D eigenvalue weighted by molar-refractivity contribution is 0.449. The Morgan fingerprint density at radius 1 is 0.630 bits per heavy atom. The van der Waals surface area contributed by atoms with Gasteiger partial charge in [-0.3, -0.25) is 0 Å². The summed E-state index contributed by atoms with van der Waals surface area (Å²) < 4.78 is 9.18. The molecule has 0 unspecified atom stereocenters. The summed E-state index contributed by atoms with van der Waals surface area (Å²) in [6.45, 7) is 2.35. The molecule has 0 aliphatic carbocycles. The zero-order valence-electron chi connectivity index (χ0n) is 14.7. The highest BCUT2D eigenvalue weighted by molar-refractivity contribution is 7.21. The van der Waals surface area contributed by atoms with E-state index in [1.807, 2.05) is 22.7 Å². The van der Waals surface area contributed by atoms with E-state index in [1.165, 1.54) is 35.5 Å². The largest absolute Gasteiger partial charge is 0.454 e. The number of rotatable bonds is 1. The fourth-order valence-electron chi connectivity index (χ4n) is 4.14. The topological polar surface area (TPSA) is 9.23 Å². The molecule has 0 amide bonds. The monoisotopic (exact) mass is 384 g/mol. The van der Waals surface area contributed by atoms with Crippen LogP contribution < -0.4 is 4.74 Å². The highest BCUT2D eigenvalue weighted by Gasteiger charge is 2.44. The maximum atomic E-state index is 6.62. The zero-order valence-corrected chi connectivity index (χ0v) is 16.4. The molecule has 0 N–H and O–H groups in total. The number of fused-ring (bicyclic) bond motifs is 6. The third kappa shape index (κ3) is 1.98. The van der Waals surface area contributed by atoms with Gasteiger partial charge in [-0.25, -0.2) is 0 Å². The van der Waals surface area contributed by atoms with Crippen LogP contribution in [-0.2, 0) is 5.41 Å². The van der Waals surface area contributed by atoms with Crippen molar-refractivity contribution in [3.63, 3.8) is 0 Å². The van der Waals surface area contributed by atoms with Crippen LogP contribution in [0.4, 0.5) is 0 Å². The van der Waals surface area contributed by atoms with Gasteiger partial charge in [-0.15, -0.1) is 22.7 Å². The molecule has 0 atom stereocenters. The van der Waals surface area contributed by atoms with Crippen molar-refractivity contribution in [1.82, 2.24) is 0 Å². The quantitative estimate of drug-likeness (QED) is 0.289. The Labute approximate surface area is 165 Å².